The van der Waals surface area contributed by atoms with Crippen molar-refractivity contribution in [2.24, 2.45) is 5.92 Å². The molecule has 162 valence electrons. The molecule has 2 heterocycles. The second-order valence-corrected chi connectivity index (χ2v) is 9.16. The number of hydrogen-bond donors (Lipinski definition) is 1. The van der Waals surface area contributed by atoms with Crippen molar-refractivity contribution < 1.29 is 18.1 Å². The molecule has 0 bridgehead atoms. The van der Waals surface area contributed by atoms with Gasteiger partial charge in [0.15, 0.2) is 0 Å². The summed E-state index contributed by atoms with van der Waals surface area (Å²) in [7, 11) is -3.75. The number of nitrogens with one attached hydrogen (secondary N) is 1. The van der Waals surface area contributed by atoms with E-state index in [1.54, 1.807) is 6.20 Å². The number of amides is 1. The summed E-state index contributed by atoms with van der Waals surface area (Å²) in [5.41, 5.74) is 1.81. The molecule has 1 amide bonds. The van der Waals surface area contributed by atoms with E-state index in [1.165, 1.54) is 28.6 Å². The Morgan fingerprint density at radius 2 is 1.90 bits per heavy atom. The highest BCUT2D eigenvalue weighted by Crippen LogP contribution is 2.25. The number of nitro groups is 1. The van der Waals surface area contributed by atoms with Crippen LogP contribution >= 0.6 is 0 Å². The fourth-order valence-corrected chi connectivity index (χ4v) is 5.02. The minimum Gasteiger partial charge on any atom is -0.352 e. The van der Waals surface area contributed by atoms with Crippen LogP contribution in [0.1, 0.15) is 31.0 Å². The quantitative estimate of drug-likeness (QED) is 0.522. The number of benzene rings is 1. The van der Waals surface area contributed by atoms with Crippen LogP contribution in [0.2, 0.25) is 0 Å². The summed E-state index contributed by atoms with van der Waals surface area (Å²) in [6, 6.07) is 4.83. The van der Waals surface area contributed by atoms with Gasteiger partial charge in [-0.3, -0.25) is 19.6 Å². The first-order chi connectivity index (χ1) is 14.2. The Morgan fingerprint density at radius 1 is 1.27 bits per heavy atom. The molecule has 10 nitrogen and oxygen atoms in total. The van der Waals surface area contributed by atoms with Crippen molar-refractivity contribution in [1.82, 2.24) is 19.4 Å². The Labute approximate surface area is 175 Å². The molecule has 30 heavy (non-hydrogen) atoms. The van der Waals surface area contributed by atoms with Gasteiger partial charge in [0, 0.05) is 55.5 Å². The number of rotatable bonds is 7. The zero-order chi connectivity index (χ0) is 21.9. The lowest BCUT2D eigenvalue weighted by Gasteiger charge is -2.30. The Bertz CT molecular complexity index is 1020. The molecule has 1 aromatic carbocycles. The minimum absolute atomic E-state index is 0.0133. The molecule has 1 aliphatic rings. The third kappa shape index (κ3) is 4.51. The predicted octanol–water partition coefficient (Wildman–Crippen LogP) is 1.84. The van der Waals surface area contributed by atoms with Gasteiger partial charge in [-0.05, 0) is 38.8 Å². The van der Waals surface area contributed by atoms with Gasteiger partial charge in [-0.2, -0.15) is 9.40 Å². The van der Waals surface area contributed by atoms with E-state index in [0.29, 0.717) is 19.4 Å². The van der Waals surface area contributed by atoms with Crippen LogP contribution in [-0.4, -0.2) is 46.4 Å². The van der Waals surface area contributed by atoms with Gasteiger partial charge in [-0.25, -0.2) is 8.42 Å². The van der Waals surface area contributed by atoms with Gasteiger partial charge in [0.25, 0.3) is 5.69 Å². The molecular weight excluding hydrogens is 410 g/mol. The maximum absolute atomic E-state index is 12.8. The van der Waals surface area contributed by atoms with Crippen molar-refractivity contribution in [3.63, 3.8) is 0 Å². The summed E-state index contributed by atoms with van der Waals surface area (Å²) in [4.78, 5) is 22.7. The van der Waals surface area contributed by atoms with E-state index in [4.69, 9.17) is 0 Å². The topological polar surface area (TPSA) is 127 Å². The fraction of sp³-hybridized carbons (Fsp3) is 0.474. The Kier molecular flexibility index (Phi) is 6.52. The van der Waals surface area contributed by atoms with E-state index in [-0.39, 0.29) is 35.5 Å². The number of carbonyl (C=O) groups excluding carboxylic acids is 1. The highest BCUT2D eigenvalue weighted by atomic mass is 32.2. The van der Waals surface area contributed by atoms with Crippen LogP contribution < -0.4 is 5.32 Å². The normalized spacial score (nSPS) is 15.8. The second-order valence-electron chi connectivity index (χ2n) is 7.22. The van der Waals surface area contributed by atoms with Crippen molar-refractivity contribution >= 4 is 21.6 Å². The van der Waals surface area contributed by atoms with Crippen molar-refractivity contribution in [3.05, 3.63) is 51.8 Å². The van der Waals surface area contributed by atoms with E-state index in [2.05, 4.69) is 10.4 Å². The highest BCUT2D eigenvalue weighted by molar-refractivity contribution is 7.89. The van der Waals surface area contributed by atoms with Crippen molar-refractivity contribution in [2.75, 3.05) is 13.1 Å². The van der Waals surface area contributed by atoms with Crippen molar-refractivity contribution in [3.8, 4) is 0 Å². The molecule has 0 unspecified atom stereocenters. The molecule has 0 spiro atoms. The van der Waals surface area contributed by atoms with E-state index in [1.807, 2.05) is 18.5 Å². The number of hydrogen-bond acceptors (Lipinski definition) is 6. The number of piperidine rings is 1. The summed E-state index contributed by atoms with van der Waals surface area (Å²) in [5.74, 6) is -0.346. The van der Waals surface area contributed by atoms with Crippen molar-refractivity contribution in [2.45, 2.75) is 44.7 Å². The molecule has 1 aliphatic heterocycles. The summed E-state index contributed by atoms with van der Waals surface area (Å²) < 4.78 is 28.7. The molecule has 0 saturated carbocycles. The number of aromatic nitrogens is 2. The second kappa shape index (κ2) is 8.92. The number of sulfonamides is 1. The van der Waals surface area contributed by atoms with E-state index in [9.17, 15) is 23.3 Å². The van der Waals surface area contributed by atoms with Crippen LogP contribution in [0.5, 0.6) is 0 Å². The molecule has 1 fully saturated rings. The van der Waals surface area contributed by atoms with Crippen molar-refractivity contribution in [1.29, 1.82) is 0 Å². The maximum atomic E-state index is 12.8. The van der Waals surface area contributed by atoms with Gasteiger partial charge in [0.1, 0.15) is 0 Å². The molecule has 3 rings (SSSR count). The van der Waals surface area contributed by atoms with Gasteiger partial charge >= 0.3 is 0 Å². The Balaban J connectivity index is 1.56. The third-order valence-electron chi connectivity index (χ3n) is 5.47. The summed E-state index contributed by atoms with van der Waals surface area (Å²) in [6.45, 7) is 5.57. The standard InChI is InChI=1S/C19H25N5O5S/c1-3-23-14(2)16(13-21-23)12-20-19(25)15-8-10-22(11-9-15)30(28,29)18-6-4-17(5-7-18)24(26)27/h4-7,13,15H,3,8-12H2,1-2H3,(H,20,25). The number of nitrogens with zero attached hydrogens (tertiary/aromatic N) is 4. The first kappa shape index (κ1) is 21.9. The van der Waals surface area contributed by atoms with E-state index >= 15 is 0 Å². The van der Waals surface area contributed by atoms with Crippen LogP contribution in [0.3, 0.4) is 0 Å². The lowest BCUT2D eigenvalue weighted by atomic mass is 9.97. The zero-order valence-electron chi connectivity index (χ0n) is 16.9. The number of aryl methyl sites for hydroxylation is 1. The third-order valence-corrected chi connectivity index (χ3v) is 7.38. The number of nitro benzene ring substituents is 1. The van der Waals surface area contributed by atoms with Crippen LogP contribution in [0.25, 0.3) is 0 Å². The number of non-ortho nitro benzene ring substituents is 1. The maximum Gasteiger partial charge on any atom is 0.269 e. The smallest absolute Gasteiger partial charge is 0.269 e. The predicted molar refractivity (Wildman–Crippen MR) is 109 cm³/mol. The molecule has 11 heteroatoms. The average molecular weight is 436 g/mol. The van der Waals surface area contributed by atoms with Crippen LogP contribution in [-0.2, 0) is 27.9 Å². The summed E-state index contributed by atoms with van der Waals surface area (Å²) in [6.07, 6.45) is 2.59. The molecule has 0 atom stereocenters. The Hall–Kier alpha value is -2.79. The molecular formula is C19H25N5O5S. The first-order valence-electron chi connectivity index (χ1n) is 9.77. The van der Waals surface area contributed by atoms with Gasteiger partial charge < -0.3 is 5.32 Å². The van der Waals surface area contributed by atoms with Gasteiger partial charge in [-0.1, -0.05) is 0 Å². The molecule has 0 aliphatic carbocycles. The van der Waals surface area contributed by atoms with E-state index in [0.717, 1.165) is 17.8 Å². The van der Waals surface area contributed by atoms with Crippen LogP contribution in [0, 0.1) is 23.0 Å². The van der Waals surface area contributed by atoms with Gasteiger partial charge in [0.2, 0.25) is 15.9 Å². The molecule has 1 saturated heterocycles. The summed E-state index contributed by atoms with van der Waals surface area (Å²) in [5, 5.41) is 17.9. The van der Waals surface area contributed by atoms with Gasteiger partial charge in [0.05, 0.1) is 16.0 Å². The molecule has 0 radical (unpaired) electrons. The van der Waals surface area contributed by atoms with Crippen LogP contribution in [0.4, 0.5) is 5.69 Å². The Morgan fingerprint density at radius 3 is 2.43 bits per heavy atom. The number of carbonyl (C=O) groups is 1. The monoisotopic (exact) mass is 435 g/mol. The average Bonchev–Trinajstić information content (AvgIpc) is 3.11. The van der Waals surface area contributed by atoms with E-state index < -0.39 is 14.9 Å². The molecule has 2 aromatic rings. The molecule has 1 aromatic heterocycles. The zero-order valence-corrected chi connectivity index (χ0v) is 17.8. The first-order valence-corrected chi connectivity index (χ1v) is 11.2. The van der Waals surface area contributed by atoms with Crippen LogP contribution in [0.15, 0.2) is 35.4 Å². The van der Waals surface area contributed by atoms with Gasteiger partial charge in [-0.15, -0.1) is 0 Å². The SMILES string of the molecule is CCn1ncc(CNC(=O)C2CCN(S(=O)(=O)c3ccc([N+](=O)[O-])cc3)CC2)c1C. The summed E-state index contributed by atoms with van der Waals surface area (Å²) >= 11 is 0. The minimum atomic E-state index is -3.75. The lowest BCUT2D eigenvalue weighted by molar-refractivity contribution is -0.384. The largest absolute Gasteiger partial charge is 0.352 e. The lowest BCUT2D eigenvalue weighted by Crippen LogP contribution is -2.42. The fourth-order valence-electron chi connectivity index (χ4n) is 3.55. The highest BCUT2D eigenvalue weighted by Gasteiger charge is 2.32. The molecule has 1 N–H and O–H groups in total.